The highest BCUT2D eigenvalue weighted by molar-refractivity contribution is 5.68. The van der Waals surface area contributed by atoms with E-state index in [2.05, 4.69) is 11.9 Å². The molecule has 0 aromatic carbocycles. The fourth-order valence-electron chi connectivity index (χ4n) is 1.58. The third-order valence-electron chi connectivity index (χ3n) is 2.31. The Hall–Kier alpha value is -1.03. The summed E-state index contributed by atoms with van der Waals surface area (Å²) in [5.41, 5.74) is 0.0948. The number of hydrogen-bond donors (Lipinski definition) is 2. The average Bonchev–Trinajstić information content (AvgIpc) is 2.11. The van der Waals surface area contributed by atoms with Gasteiger partial charge in [-0.05, 0) is 40.0 Å². The van der Waals surface area contributed by atoms with Crippen LogP contribution >= 0.6 is 0 Å². The molecule has 0 saturated heterocycles. The Morgan fingerprint density at radius 1 is 1.39 bits per heavy atom. The van der Waals surface area contributed by atoms with Crippen molar-refractivity contribution in [1.82, 2.24) is 5.32 Å². The van der Waals surface area contributed by atoms with Crippen LogP contribution in [0.1, 0.15) is 48.0 Å². The number of hydrogen-bond acceptors (Lipinski definition) is 3. The smallest absolute Gasteiger partial charge is 0.407 e. The van der Waals surface area contributed by atoms with Gasteiger partial charge in [0.15, 0.2) is 0 Å². The first-order valence-electron chi connectivity index (χ1n) is 6.36. The normalized spacial score (nSPS) is 15.1. The van der Waals surface area contributed by atoms with E-state index in [-0.39, 0.29) is 6.04 Å². The molecule has 0 aliphatic carbocycles. The number of aliphatic hydroxyl groups is 1. The van der Waals surface area contributed by atoms with Gasteiger partial charge in [0.2, 0.25) is 0 Å². The SMILES string of the molecule is C=C(C)[C@@H](O)C(CC(C)C)NC(=O)OC(C)(C)C. The summed E-state index contributed by atoms with van der Waals surface area (Å²) in [5, 5.41) is 12.7. The Morgan fingerprint density at radius 2 is 1.89 bits per heavy atom. The molecular formula is C14H27NO3. The van der Waals surface area contributed by atoms with Gasteiger partial charge >= 0.3 is 6.09 Å². The molecule has 0 aromatic rings. The third-order valence-corrected chi connectivity index (χ3v) is 2.31. The van der Waals surface area contributed by atoms with Gasteiger partial charge in [-0.2, -0.15) is 0 Å². The largest absolute Gasteiger partial charge is 0.444 e. The summed E-state index contributed by atoms with van der Waals surface area (Å²) >= 11 is 0. The molecule has 2 atom stereocenters. The molecule has 106 valence electrons. The number of carbonyl (C=O) groups excluding carboxylic acids is 1. The number of nitrogens with one attached hydrogen (secondary N) is 1. The van der Waals surface area contributed by atoms with E-state index in [0.717, 1.165) is 0 Å². The molecule has 4 nitrogen and oxygen atoms in total. The number of alkyl carbamates (subject to hydrolysis) is 1. The molecule has 0 aliphatic rings. The molecule has 0 aromatic heterocycles. The van der Waals surface area contributed by atoms with Gasteiger partial charge < -0.3 is 15.2 Å². The minimum Gasteiger partial charge on any atom is -0.444 e. The Balaban J connectivity index is 4.59. The maximum Gasteiger partial charge on any atom is 0.407 e. The van der Waals surface area contributed by atoms with Crippen molar-refractivity contribution in [3.63, 3.8) is 0 Å². The minimum atomic E-state index is -0.750. The minimum absolute atomic E-state index is 0.360. The maximum absolute atomic E-state index is 11.7. The van der Waals surface area contributed by atoms with Crippen molar-refractivity contribution in [3.8, 4) is 0 Å². The number of rotatable bonds is 5. The lowest BCUT2D eigenvalue weighted by Gasteiger charge is -2.28. The topological polar surface area (TPSA) is 58.6 Å². The standard InChI is InChI=1S/C14H27NO3/c1-9(2)8-11(12(16)10(3)4)15-13(17)18-14(5,6)7/h9,11-12,16H,3,8H2,1-2,4-7H3,(H,15,17)/t11?,12-/m1/s1. The second kappa shape index (κ2) is 6.78. The number of amides is 1. The summed E-state index contributed by atoms with van der Waals surface area (Å²) in [4.78, 5) is 11.7. The van der Waals surface area contributed by atoms with Crippen LogP contribution in [0.25, 0.3) is 0 Å². The maximum atomic E-state index is 11.7. The van der Waals surface area contributed by atoms with Crippen LogP contribution in [0.15, 0.2) is 12.2 Å². The van der Waals surface area contributed by atoms with Crippen LogP contribution in [0.5, 0.6) is 0 Å². The monoisotopic (exact) mass is 257 g/mol. The Kier molecular flexibility index (Phi) is 6.39. The van der Waals surface area contributed by atoms with Crippen molar-refractivity contribution >= 4 is 6.09 Å². The van der Waals surface area contributed by atoms with Crippen molar-refractivity contribution in [1.29, 1.82) is 0 Å². The van der Waals surface area contributed by atoms with Crippen LogP contribution in [-0.2, 0) is 4.74 Å². The molecular weight excluding hydrogens is 230 g/mol. The number of aliphatic hydroxyl groups excluding tert-OH is 1. The Bertz CT molecular complexity index is 292. The van der Waals surface area contributed by atoms with Gasteiger partial charge in [-0.15, -0.1) is 0 Å². The molecule has 18 heavy (non-hydrogen) atoms. The van der Waals surface area contributed by atoms with Crippen LogP contribution in [0.2, 0.25) is 0 Å². The summed E-state index contributed by atoms with van der Waals surface area (Å²) in [6.07, 6.45) is -0.582. The highest BCUT2D eigenvalue weighted by atomic mass is 16.6. The van der Waals surface area contributed by atoms with Crippen molar-refractivity contribution in [2.75, 3.05) is 0 Å². The predicted octanol–water partition coefficient (Wildman–Crippen LogP) is 2.86. The van der Waals surface area contributed by atoms with Crippen LogP contribution in [-0.4, -0.2) is 28.9 Å². The zero-order valence-corrected chi connectivity index (χ0v) is 12.4. The molecule has 2 N–H and O–H groups in total. The second-order valence-corrected chi connectivity index (χ2v) is 6.17. The molecule has 0 fully saturated rings. The molecule has 4 heteroatoms. The van der Waals surface area contributed by atoms with Gasteiger partial charge in [0.05, 0.1) is 12.1 Å². The summed E-state index contributed by atoms with van der Waals surface area (Å²) < 4.78 is 5.19. The first-order valence-corrected chi connectivity index (χ1v) is 6.36. The average molecular weight is 257 g/mol. The van der Waals surface area contributed by atoms with Gasteiger partial charge in [-0.25, -0.2) is 4.79 Å². The lowest BCUT2D eigenvalue weighted by Crippen LogP contribution is -2.46. The van der Waals surface area contributed by atoms with Crippen molar-refractivity contribution < 1.29 is 14.6 Å². The molecule has 1 amide bonds. The fraction of sp³-hybridized carbons (Fsp3) is 0.786. The van der Waals surface area contributed by atoms with Gasteiger partial charge in [0.1, 0.15) is 5.60 Å². The van der Waals surface area contributed by atoms with Crippen molar-refractivity contribution in [2.24, 2.45) is 5.92 Å². The van der Waals surface area contributed by atoms with E-state index in [9.17, 15) is 9.90 Å². The lowest BCUT2D eigenvalue weighted by molar-refractivity contribution is 0.0435. The summed E-state index contributed by atoms with van der Waals surface area (Å²) in [6, 6.07) is -0.364. The van der Waals surface area contributed by atoms with Crippen LogP contribution < -0.4 is 5.32 Å². The molecule has 1 unspecified atom stereocenters. The zero-order valence-electron chi connectivity index (χ0n) is 12.4. The molecule has 0 bridgehead atoms. The third kappa shape index (κ3) is 7.33. The highest BCUT2D eigenvalue weighted by Crippen LogP contribution is 2.14. The van der Waals surface area contributed by atoms with E-state index in [1.54, 1.807) is 27.7 Å². The Labute approximate surface area is 110 Å². The predicted molar refractivity (Wildman–Crippen MR) is 73.4 cm³/mol. The highest BCUT2D eigenvalue weighted by Gasteiger charge is 2.25. The fourth-order valence-corrected chi connectivity index (χ4v) is 1.58. The number of carbonyl (C=O) groups is 1. The molecule has 0 aliphatic heterocycles. The first kappa shape index (κ1) is 17.0. The van der Waals surface area contributed by atoms with E-state index >= 15 is 0 Å². The second-order valence-electron chi connectivity index (χ2n) is 6.17. The molecule has 0 spiro atoms. The first-order chi connectivity index (χ1) is 8.03. The molecule has 0 rings (SSSR count). The quantitative estimate of drug-likeness (QED) is 0.745. The van der Waals surface area contributed by atoms with Gasteiger partial charge in [-0.3, -0.25) is 0 Å². The van der Waals surface area contributed by atoms with Crippen LogP contribution in [0.3, 0.4) is 0 Å². The summed E-state index contributed by atoms with van der Waals surface area (Å²) in [6.45, 7) is 15.0. The van der Waals surface area contributed by atoms with Crippen molar-refractivity contribution in [2.45, 2.75) is 65.7 Å². The summed E-state index contributed by atoms with van der Waals surface area (Å²) in [7, 11) is 0. The molecule has 0 heterocycles. The van der Waals surface area contributed by atoms with Crippen LogP contribution in [0, 0.1) is 5.92 Å². The van der Waals surface area contributed by atoms with Crippen molar-refractivity contribution in [3.05, 3.63) is 12.2 Å². The van der Waals surface area contributed by atoms with Crippen LogP contribution in [0.4, 0.5) is 4.79 Å². The van der Waals surface area contributed by atoms with E-state index in [1.165, 1.54) is 0 Å². The molecule has 0 radical (unpaired) electrons. The lowest BCUT2D eigenvalue weighted by atomic mass is 9.96. The van der Waals surface area contributed by atoms with Gasteiger partial charge in [0, 0.05) is 0 Å². The molecule has 0 saturated carbocycles. The number of ether oxygens (including phenoxy) is 1. The zero-order chi connectivity index (χ0) is 14.5. The van der Waals surface area contributed by atoms with E-state index in [0.29, 0.717) is 17.9 Å². The summed E-state index contributed by atoms with van der Waals surface area (Å²) in [5.74, 6) is 0.360. The van der Waals surface area contributed by atoms with Gasteiger partial charge in [-0.1, -0.05) is 26.0 Å². The van der Waals surface area contributed by atoms with Gasteiger partial charge in [0.25, 0.3) is 0 Å². The Morgan fingerprint density at radius 3 is 2.22 bits per heavy atom. The van der Waals surface area contributed by atoms with E-state index in [4.69, 9.17) is 4.74 Å². The van der Waals surface area contributed by atoms with E-state index < -0.39 is 17.8 Å². The van der Waals surface area contributed by atoms with E-state index in [1.807, 2.05) is 13.8 Å².